The number of nitrogens with one attached hydrogen (secondary N) is 1. The number of anilines is 1. The summed E-state index contributed by atoms with van der Waals surface area (Å²) in [5, 5.41) is 2.35. The fraction of sp³-hybridized carbons (Fsp3) is 0.208. The van der Waals surface area contributed by atoms with Crippen molar-refractivity contribution >= 4 is 41.2 Å². The summed E-state index contributed by atoms with van der Waals surface area (Å²) in [5.74, 6) is 1.83. The first-order chi connectivity index (χ1) is 15.9. The number of hydrogen-bond acceptors (Lipinski definition) is 6. The largest absolute Gasteiger partial charge is 0.494 e. The maximum absolute atomic E-state index is 13.1. The van der Waals surface area contributed by atoms with Gasteiger partial charge in [0.1, 0.15) is 17.9 Å². The Morgan fingerprint density at radius 3 is 2.52 bits per heavy atom. The molecule has 0 aromatic heterocycles. The number of terminal acetylenes is 1. The van der Waals surface area contributed by atoms with Crippen molar-refractivity contribution in [2.45, 2.75) is 13.3 Å². The molecular weight excluding hydrogens is 448 g/mol. The molecule has 0 bridgehead atoms. The molecular formula is C24H21ClN2O6. The second kappa shape index (κ2) is 10.6. The molecule has 1 fully saturated rings. The lowest BCUT2D eigenvalue weighted by atomic mass is 10.1. The zero-order valence-corrected chi connectivity index (χ0v) is 18.8. The first kappa shape index (κ1) is 23.7. The van der Waals surface area contributed by atoms with E-state index in [0.29, 0.717) is 17.9 Å². The summed E-state index contributed by atoms with van der Waals surface area (Å²) in [5.41, 5.74) is 0.422. The molecule has 3 rings (SSSR count). The predicted molar refractivity (Wildman–Crippen MR) is 124 cm³/mol. The minimum absolute atomic E-state index is 0.0171. The van der Waals surface area contributed by atoms with Gasteiger partial charge in [-0.05, 0) is 54.5 Å². The summed E-state index contributed by atoms with van der Waals surface area (Å²) in [6.45, 7) is 2.51. The smallest absolute Gasteiger partial charge is 0.335 e. The van der Waals surface area contributed by atoms with Gasteiger partial charge in [0.25, 0.3) is 11.8 Å². The number of methoxy groups -OCH3 is 1. The number of barbiturate groups is 1. The van der Waals surface area contributed by atoms with E-state index in [-0.39, 0.29) is 34.4 Å². The van der Waals surface area contributed by atoms with Gasteiger partial charge in [-0.1, -0.05) is 24.4 Å². The van der Waals surface area contributed by atoms with Crippen LogP contribution in [0.5, 0.6) is 17.2 Å². The van der Waals surface area contributed by atoms with Crippen LogP contribution < -0.4 is 24.4 Å². The van der Waals surface area contributed by atoms with Crippen LogP contribution in [-0.2, 0) is 9.59 Å². The van der Waals surface area contributed by atoms with E-state index >= 15 is 0 Å². The number of urea groups is 1. The van der Waals surface area contributed by atoms with Crippen LogP contribution >= 0.6 is 11.6 Å². The molecule has 4 amide bonds. The molecule has 0 unspecified atom stereocenters. The van der Waals surface area contributed by atoms with Gasteiger partial charge >= 0.3 is 6.03 Å². The molecule has 0 radical (unpaired) electrons. The van der Waals surface area contributed by atoms with Crippen LogP contribution in [0.15, 0.2) is 42.0 Å². The highest BCUT2D eigenvalue weighted by atomic mass is 35.5. The van der Waals surface area contributed by atoms with E-state index in [1.54, 1.807) is 24.3 Å². The van der Waals surface area contributed by atoms with Crippen molar-refractivity contribution < 1.29 is 28.6 Å². The molecule has 1 N–H and O–H groups in total. The zero-order valence-electron chi connectivity index (χ0n) is 18.0. The van der Waals surface area contributed by atoms with Crippen LogP contribution in [0.3, 0.4) is 0 Å². The van der Waals surface area contributed by atoms with Crippen LogP contribution in [0.25, 0.3) is 6.08 Å². The third-order valence-electron chi connectivity index (χ3n) is 4.53. The van der Waals surface area contributed by atoms with E-state index < -0.39 is 17.8 Å². The molecule has 33 heavy (non-hydrogen) atoms. The van der Waals surface area contributed by atoms with Gasteiger partial charge in [0, 0.05) is 0 Å². The lowest BCUT2D eigenvalue weighted by molar-refractivity contribution is -0.122. The van der Waals surface area contributed by atoms with E-state index in [9.17, 15) is 14.4 Å². The standard InChI is InChI=1S/C24H21ClN2O6/c1-4-10-32-17-8-6-16(7-9-17)27-23(29)18(22(28)26-24(27)30)12-15-13-19(25)21(33-11-5-2)20(14-15)31-3/h2,6-9,12-14H,4,10-11H2,1,3H3,(H,26,28,30)/b18-12-. The molecule has 1 saturated heterocycles. The van der Waals surface area contributed by atoms with Gasteiger partial charge in [-0.2, -0.15) is 0 Å². The summed E-state index contributed by atoms with van der Waals surface area (Å²) in [7, 11) is 1.41. The Labute approximate surface area is 196 Å². The number of carbonyl (C=O) groups excluding carboxylic acids is 3. The summed E-state index contributed by atoms with van der Waals surface area (Å²) < 4.78 is 16.2. The Morgan fingerprint density at radius 1 is 1.15 bits per heavy atom. The second-order valence-electron chi connectivity index (χ2n) is 6.83. The van der Waals surface area contributed by atoms with Gasteiger partial charge in [-0.15, -0.1) is 6.42 Å². The highest BCUT2D eigenvalue weighted by Gasteiger charge is 2.36. The van der Waals surface area contributed by atoms with E-state index in [1.807, 2.05) is 6.92 Å². The summed E-state index contributed by atoms with van der Waals surface area (Å²) in [6, 6.07) is 8.59. The maximum Gasteiger partial charge on any atom is 0.335 e. The van der Waals surface area contributed by atoms with Gasteiger partial charge in [0.05, 0.1) is 24.4 Å². The topological polar surface area (TPSA) is 94.2 Å². The van der Waals surface area contributed by atoms with Crippen molar-refractivity contribution in [1.82, 2.24) is 5.32 Å². The molecule has 1 aliphatic heterocycles. The van der Waals surface area contributed by atoms with Gasteiger partial charge < -0.3 is 14.2 Å². The van der Waals surface area contributed by atoms with Crippen LogP contribution in [0, 0.1) is 12.3 Å². The Kier molecular flexibility index (Phi) is 7.59. The molecule has 2 aromatic carbocycles. The van der Waals surface area contributed by atoms with Crippen LogP contribution in [-0.4, -0.2) is 38.2 Å². The number of carbonyl (C=O) groups is 3. The molecule has 0 aliphatic carbocycles. The molecule has 170 valence electrons. The average Bonchev–Trinajstić information content (AvgIpc) is 2.80. The van der Waals surface area contributed by atoms with Crippen molar-refractivity contribution in [2.24, 2.45) is 0 Å². The minimum atomic E-state index is -0.849. The first-order valence-corrected chi connectivity index (χ1v) is 10.4. The Balaban J connectivity index is 1.94. The predicted octanol–water partition coefficient (Wildman–Crippen LogP) is 3.82. The first-order valence-electron chi connectivity index (χ1n) is 9.97. The van der Waals surface area contributed by atoms with Crippen LogP contribution in [0.1, 0.15) is 18.9 Å². The minimum Gasteiger partial charge on any atom is -0.494 e. The molecule has 2 aromatic rings. The molecule has 9 heteroatoms. The normalized spacial score (nSPS) is 14.7. The molecule has 0 spiro atoms. The molecule has 0 atom stereocenters. The third-order valence-corrected chi connectivity index (χ3v) is 4.81. The van der Waals surface area contributed by atoms with Gasteiger partial charge in [0.2, 0.25) is 0 Å². The number of halogens is 1. The SMILES string of the molecule is C#CCOc1c(Cl)cc(/C=C2/C(=O)NC(=O)N(c3ccc(OCCC)cc3)C2=O)cc1OC. The number of imide groups is 2. The average molecular weight is 469 g/mol. The van der Waals surface area contributed by atoms with Crippen molar-refractivity contribution in [2.75, 3.05) is 25.2 Å². The Morgan fingerprint density at radius 2 is 1.88 bits per heavy atom. The third kappa shape index (κ3) is 5.27. The number of nitrogens with zero attached hydrogens (tertiary/aromatic N) is 1. The summed E-state index contributed by atoms with van der Waals surface area (Å²) in [4.78, 5) is 38.8. The molecule has 1 heterocycles. The van der Waals surface area contributed by atoms with Crippen LogP contribution in [0.2, 0.25) is 5.02 Å². The zero-order chi connectivity index (χ0) is 24.0. The van der Waals surface area contributed by atoms with Crippen LogP contribution in [0.4, 0.5) is 10.5 Å². The number of amides is 4. The Bertz CT molecular complexity index is 1150. The van der Waals surface area contributed by atoms with Crippen molar-refractivity contribution in [1.29, 1.82) is 0 Å². The number of benzene rings is 2. The van der Waals surface area contributed by atoms with Gasteiger partial charge in [-0.3, -0.25) is 14.9 Å². The summed E-state index contributed by atoms with van der Waals surface area (Å²) >= 11 is 6.27. The van der Waals surface area contributed by atoms with E-state index in [4.69, 9.17) is 32.2 Å². The van der Waals surface area contributed by atoms with E-state index in [1.165, 1.54) is 25.3 Å². The highest BCUT2D eigenvalue weighted by molar-refractivity contribution is 6.39. The lowest BCUT2D eigenvalue weighted by Crippen LogP contribution is -2.54. The quantitative estimate of drug-likeness (QED) is 0.359. The Hall–Kier alpha value is -3.96. The van der Waals surface area contributed by atoms with Gasteiger partial charge in [0.15, 0.2) is 11.5 Å². The second-order valence-corrected chi connectivity index (χ2v) is 7.23. The fourth-order valence-corrected chi connectivity index (χ4v) is 3.32. The number of hydrogen-bond donors (Lipinski definition) is 1. The number of ether oxygens (including phenoxy) is 3. The lowest BCUT2D eigenvalue weighted by Gasteiger charge is -2.26. The molecule has 1 aliphatic rings. The van der Waals surface area contributed by atoms with E-state index in [0.717, 1.165) is 11.3 Å². The van der Waals surface area contributed by atoms with E-state index in [2.05, 4.69) is 11.2 Å². The van der Waals surface area contributed by atoms with Crippen molar-refractivity contribution in [3.8, 4) is 29.6 Å². The molecule has 8 nitrogen and oxygen atoms in total. The van der Waals surface area contributed by atoms with Crippen molar-refractivity contribution in [3.05, 3.63) is 52.6 Å². The fourth-order valence-electron chi connectivity index (χ4n) is 3.05. The van der Waals surface area contributed by atoms with Crippen molar-refractivity contribution in [3.63, 3.8) is 0 Å². The number of rotatable bonds is 8. The van der Waals surface area contributed by atoms with Gasteiger partial charge in [-0.25, -0.2) is 9.69 Å². The highest BCUT2D eigenvalue weighted by Crippen LogP contribution is 2.37. The maximum atomic E-state index is 13.1. The molecule has 0 saturated carbocycles. The monoisotopic (exact) mass is 468 g/mol. The summed E-state index contributed by atoms with van der Waals surface area (Å²) in [6.07, 6.45) is 7.37.